The van der Waals surface area contributed by atoms with Gasteiger partial charge in [0, 0.05) is 91.6 Å². The number of methoxy groups -OCH3 is 2. The number of fused-ring (bicyclic) bond motifs is 1. The summed E-state index contributed by atoms with van der Waals surface area (Å²) in [6.45, 7) is 2.73. The Morgan fingerprint density at radius 1 is 1.04 bits per heavy atom. The summed E-state index contributed by atoms with van der Waals surface area (Å²) in [5.74, 6) is 0.0123. The molecule has 2 aliphatic rings. The van der Waals surface area contributed by atoms with E-state index in [1.807, 2.05) is 64.2 Å². The number of rotatable bonds is 12. The Morgan fingerprint density at radius 3 is 2.58 bits per heavy atom. The molecular weight excluding hydrogens is 681 g/mol. The smallest absolute Gasteiger partial charge is 0.309 e. The first kappa shape index (κ1) is 33.7. The maximum Gasteiger partial charge on any atom is 0.309 e. The van der Waals surface area contributed by atoms with Gasteiger partial charge in [-0.05, 0) is 24.6 Å². The molecule has 2 saturated heterocycles. The Morgan fingerprint density at radius 2 is 1.84 bits per heavy atom. The third-order valence-corrected chi connectivity index (χ3v) is 9.92. The van der Waals surface area contributed by atoms with Crippen LogP contribution in [-0.4, -0.2) is 81.1 Å². The van der Waals surface area contributed by atoms with Crippen LogP contribution in [0.15, 0.2) is 61.1 Å². The Kier molecular flexibility index (Phi) is 9.60. The third-order valence-electron chi connectivity index (χ3n) is 9.13. The zero-order valence-corrected chi connectivity index (χ0v) is 29.0. The first-order valence-electron chi connectivity index (χ1n) is 16.2. The highest BCUT2D eigenvalue weighted by Gasteiger charge is 2.32. The largest absolute Gasteiger partial charge is 0.493 e. The fourth-order valence-corrected chi connectivity index (χ4v) is 7.14. The lowest BCUT2D eigenvalue weighted by Gasteiger charge is -2.35. The van der Waals surface area contributed by atoms with E-state index in [1.165, 1.54) is 0 Å². The van der Waals surface area contributed by atoms with Gasteiger partial charge in [-0.15, -0.1) is 0 Å². The van der Waals surface area contributed by atoms with Gasteiger partial charge in [0.15, 0.2) is 11.4 Å². The Bertz CT molecular complexity index is 2100. The maximum atomic E-state index is 11.5. The van der Waals surface area contributed by atoms with E-state index in [0.29, 0.717) is 83.4 Å². The van der Waals surface area contributed by atoms with Crippen LogP contribution in [0.3, 0.4) is 0 Å². The molecule has 0 spiro atoms. The number of hydrogen-bond acceptors (Lipinski definition) is 9. The summed E-state index contributed by atoms with van der Waals surface area (Å²) in [4.78, 5) is 38.9. The van der Waals surface area contributed by atoms with Gasteiger partial charge in [0.25, 0.3) is 0 Å². The fraction of sp³-hybridized carbons (Fsp3) is 0.306. The fourth-order valence-electron chi connectivity index (χ4n) is 6.49. The molecule has 1 atom stereocenters. The number of pyridine rings is 3. The molecule has 0 saturated carbocycles. The molecule has 50 heavy (non-hydrogen) atoms. The van der Waals surface area contributed by atoms with Crippen LogP contribution in [0.2, 0.25) is 10.0 Å². The van der Waals surface area contributed by atoms with Gasteiger partial charge < -0.3 is 29.6 Å². The number of aliphatic carboxylic acids is 1. The number of halogens is 2. The summed E-state index contributed by atoms with van der Waals surface area (Å²) < 4.78 is 13.2. The minimum absolute atomic E-state index is 0.0902. The number of benzene rings is 1. The van der Waals surface area contributed by atoms with Crippen molar-refractivity contribution < 1.29 is 24.2 Å². The predicted molar refractivity (Wildman–Crippen MR) is 189 cm³/mol. The molecule has 0 bridgehead atoms. The molecule has 1 unspecified atom stereocenters. The van der Waals surface area contributed by atoms with Crippen molar-refractivity contribution in [2.24, 2.45) is 5.92 Å². The van der Waals surface area contributed by atoms with Crippen LogP contribution in [0.25, 0.3) is 39.3 Å². The predicted octanol–water partition coefficient (Wildman–Crippen LogP) is 5.33. The number of likely N-dealkylation sites (tertiary alicyclic amines) is 1. The van der Waals surface area contributed by atoms with Gasteiger partial charge in [-0.3, -0.25) is 19.5 Å². The molecule has 12 nitrogen and oxygen atoms in total. The zero-order chi connectivity index (χ0) is 34.9. The molecule has 0 radical (unpaired) electrons. The van der Waals surface area contributed by atoms with Crippen LogP contribution >= 0.6 is 23.2 Å². The van der Waals surface area contributed by atoms with Gasteiger partial charge in [0.2, 0.25) is 11.8 Å². The second-order valence-corrected chi connectivity index (χ2v) is 13.2. The van der Waals surface area contributed by atoms with Crippen molar-refractivity contribution in [2.75, 3.05) is 33.9 Å². The number of aromatic nitrogens is 4. The minimum atomic E-state index is -0.772. The standard InChI is InChI=1S/C36H35Cl2N7O5/c1-49-29-12-21(17-45-19-24(42-34(29)45)18-44-15-22(16-44)36(47)48)33-32(38)26(10-11-40-33)25-4-3-5-27(31(25)37)28-8-6-20(35(43-28)50-2)13-39-14-23-7-9-30(46)41-23/h3-6,8,10-12,17,19,22-23,39H,7,9,13-16,18H2,1-2H3,(H,41,46)(H,47,48). The molecule has 2 aliphatic heterocycles. The van der Waals surface area contributed by atoms with E-state index in [4.69, 9.17) is 42.6 Å². The van der Waals surface area contributed by atoms with Gasteiger partial charge in [-0.1, -0.05) is 47.5 Å². The van der Waals surface area contributed by atoms with E-state index in [9.17, 15) is 14.7 Å². The van der Waals surface area contributed by atoms with Crippen molar-refractivity contribution in [3.63, 3.8) is 0 Å². The van der Waals surface area contributed by atoms with Crippen LogP contribution in [-0.2, 0) is 22.7 Å². The summed E-state index contributed by atoms with van der Waals surface area (Å²) >= 11 is 14.2. The average molecular weight is 717 g/mol. The molecule has 1 aromatic carbocycles. The number of carbonyl (C=O) groups excluding carboxylic acids is 1. The van der Waals surface area contributed by atoms with E-state index < -0.39 is 5.97 Å². The van der Waals surface area contributed by atoms with E-state index >= 15 is 0 Å². The Balaban J connectivity index is 1.15. The van der Waals surface area contributed by atoms with Crippen LogP contribution < -0.4 is 20.1 Å². The number of carboxylic acids is 1. The second-order valence-electron chi connectivity index (χ2n) is 12.5. The molecular formula is C36H35Cl2N7O5. The zero-order valence-electron chi connectivity index (χ0n) is 27.5. The first-order valence-corrected chi connectivity index (χ1v) is 17.0. The van der Waals surface area contributed by atoms with Crippen molar-refractivity contribution in [3.8, 4) is 45.3 Å². The lowest BCUT2D eigenvalue weighted by Crippen LogP contribution is -2.49. The third kappa shape index (κ3) is 6.71. The summed E-state index contributed by atoms with van der Waals surface area (Å²) in [6.07, 6.45) is 6.89. The highest BCUT2D eigenvalue weighted by atomic mass is 35.5. The average Bonchev–Trinajstić information content (AvgIpc) is 3.71. The van der Waals surface area contributed by atoms with E-state index in [2.05, 4.69) is 15.6 Å². The summed E-state index contributed by atoms with van der Waals surface area (Å²) in [7, 11) is 3.17. The van der Waals surface area contributed by atoms with Crippen LogP contribution in [0, 0.1) is 5.92 Å². The molecule has 4 aromatic heterocycles. The van der Waals surface area contributed by atoms with E-state index in [-0.39, 0.29) is 17.9 Å². The topological polar surface area (TPSA) is 143 Å². The molecule has 14 heteroatoms. The monoisotopic (exact) mass is 715 g/mol. The number of ether oxygens (including phenoxy) is 2. The minimum Gasteiger partial charge on any atom is -0.493 e. The van der Waals surface area contributed by atoms with Crippen molar-refractivity contribution in [1.29, 1.82) is 0 Å². The highest BCUT2D eigenvalue weighted by Crippen LogP contribution is 2.42. The molecule has 2 fully saturated rings. The molecule has 5 aromatic rings. The summed E-state index contributed by atoms with van der Waals surface area (Å²) in [5, 5.41) is 16.5. The number of carboxylic acid groups (broad SMARTS) is 1. The van der Waals surface area contributed by atoms with Gasteiger partial charge in [0.1, 0.15) is 0 Å². The molecule has 0 aliphatic carbocycles. The quantitative estimate of drug-likeness (QED) is 0.155. The van der Waals surface area contributed by atoms with Gasteiger partial charge in [-0.25, -0.2) is 9.97 Å². The van der Waals surface area contributed by atoms with Crippen molar-refractivity contribution >= 4 is 40.7 Å². The molecule has 3 N–H and O–H groups in total. The SMILES string of the molecule is COc1nc(-c2cccc(-c3ccnc(-c4cc(OC)c5nc(CN6CC(C(=O)O)C6)cn5c4)c3Cl)c2Cl)ccc1CNCC1CCC(=O)N1. The number of carbonyl (C=O) groups is 2. The van der Waals surface area contributed by atoms with Gasteiger partial charge >= 0.3 is 5.97 Å². The normalized spacial score (nSPS) is 16.4. The number of nitrogens with one attached hydrogen (secondary N) is 2. The molecule has 258 valence electrons. The van der Waals surface area contributed by atoms with Crippen molar-refractivity contribution in [2.45, 2.75) is 32.0 Å². The molecule has 6 heterocycles. The van der Waals surface area contributed by atoms with E-state index in [0.717, 1.165) is 34.4 Å². The maximum absolute atomic E-state index is 11.5. The van der Waals surface area contributed by atoms with Crippen LogP contribution in [0.1, 0.15) is 24.1 Å². The van der Waals surface area contributed by atoms with Crippen LogP contribution in [0.4, 0.5) is 0 Å². The highest BCUT2D eigenvalue weighted by molar-refractivity contribution is 6.39. The molecule has 1 amide bonds. The van der Waals surface area contributed by atoms with Gasteiger partial charge in [-0.2, -0.15) is 0 Å². The number of amides is 1. The first-order chi connectivity index (χ1) is 24.2. The second kappa shape index (κ2) is 14.2. The van der Waals surface area contributed by atoms with E-state index in [1.54, 1.807) is 20.4 Å². The van der Waals surface area contributed by atoms with Crippen LogP contribution in [0.5, 0.6) is 11.6 Å². The summed E-state index contributed by atoms with van der Waals surface area (Å²) in [6, 6.07) is 13.4. The summed E-state index contributed by atoms with van der Waals surface area (Å²) in [5.41, 5.74) is 6.37. The lowest BCUT2D eigenvalue weighted by molar-refractivity contribution is -0.147. The van der Waals surface area contributed by atoms with Crippen molar-refractivity contribution in [3.05, 3.63) is 82.4 Å². The lowest BCUT2D eigenvalue weighted by atomic mass is 10.00. The number of nitrogens with zero attached hydrogens (tertiary/aromatic N) is 5. The Labute approximate surface area is 298 Å². The molecule has 7 rings (SSSR count). The number of hydrogen-bond donors (Lipinski definition) is 3. The van der Waals surface area contributed by atoms with Crippen molar-refractivity contribution in [1.82, 2.24) is 34.9 Å². The Hall–Kier alpha value is -4.75. The van der Waals surface area contributed by atoms with Gasteiger partial charge in [0.05, 0.1) is 47.3 Å². The number of imidazole rings is 1.